The van der Waals surface area contributed by atoms with Gasteiger partial charge in [-0.1, -0.05) is 24.3 Å². The molecule has 0 saturated heterocycles. The molecule has 3 aromatic rings. The van der Waals surface area contributed by atoms with Crippen LogP contribution in [0.15, 0.2) is 47.3 Å². The van der Waals surface area contributed by atoms with Crippen LogP contribution in [0.5, 0.6) is 11.5 Å². The van der Waals surface area contributed by atoms with Crippen LogP contribution in [0.1, 0.15) is 5.56 Å². The van der Waals surface area contributed by atoms with E-state index in [1.807, 2.05) is 31.2 Å². The number of rotatable bonds is 1. The third-order valence-electron chi connectivity index (χ3n) is 3.96. The van der Waals surface area contributed by atoms with Crippen LogP contribution < -0.4 is 10.3 Å². The van der Waals surface area contributed by atoms with E-state index in [4.69, 9.17) is 4.74 Å². The standard InChI is InChI=1S/C17H13NO3/c1-10-8-15(20)18-9-21-17-13(7-6-11(10)16(17)18)12-4-2-3-5-14(12)19/h2-8,19H,9H2,1H3. The number of para-hydroxylation sites is 1. The molecule has 1 aliphatic rings. The van der Waals surface area contributed by atoms with Crippen molar-refractivity contribution in [2.24, 2.45) is 0 Å². The fraction of sp³-hybridized carbons (Fsp3) is 0.118. The van der Waals surface area contributed by atoms with E-state index in [1.54, 1.807) is 22.8 Å². The zero-order valence-electron chi connectivity index (χ0n) is 11.5. The third-order valence-corrected chi connectivity index (χ3v) is 3.96. The van der Waals surface area contributed by atoms with E-state index in [0.29, 0.717) is 11.3 Å². The summed E-state index contributed by atoms with van der Waals surface area (Å²) in [6.07, 6.45) is 0. The van der Waals surface area contributed by atoms with E-state index in [2.05, 4.69) is 0 Å². The van der Waals surface area contributed by atoms with Gasteiger partial charge in [0.05, 0.1) is 5.52 Å². The zero-order chi connectivity index (χ0) is 14.6. The highest BCUT2D eigenvalue weighted by Crippen LogP contribution is 2.42. The molecule has 0 aliphatic carbocycles. The predicted molar refractivity (Wildman–Crippen MR) is 80.7 cm³/mol. The van der Waals surface area contributed by atoms with Gasteiger partial charge in [0.1, 0.15) is 5.75 Å². The van der Waals surface area contributed by atoms with Gasteiger partial charge in [-0.3, -0.25) is 9.36 Å². The molecule has 0 unspecified atom stereocenters. The number of phenols is 1. The Hall–Kier alpha value is -2.75. The molecule has 1 aromatic heterocycles. The van der Waals surface area contributed by atoms with Gasteiger partial charge in [0.25, 0.3) is 5.56 Å². The van der Waals surface area contributed by atoms with Crippen molar-refractivity contribution in [1.29, 1.82) is 0 Å². The molecule has 4 heteroatoms. The molecule has 21 heavy (non-hydrogen) atoms. The fourth-order valence-corrected chi connectivity index (χ4v) is 2.93. The summed E-state index contributed by atoms with van der Waals surface area (Å²) in [6.45, 7) is 2.14. The van der Waals surface area contributed by atoms with Crippen LogP contribution in [0.25, 0.3) is 22.0 Å². The van der Waals surface area contributed by atoms with E-state index in [-0.39, 0.29) is 18.0 Å². The first-order chi connectivity index (χ1) is 10.2. The molecular formula is C17H13NO3. The monoisotopic (exact) mass is 279 g/mol. The van der Waals surface area contributed by atoms with Crippen LogP contribution in [0.3, 0.4) is 0 Å². The molecular weight excluding hydrogens is 266 g/mol. The second-order valence-electron chi connectivity index (χ2n) is 5.22. The molecule has 0 saturated carbocycles. The van der Waals surface area contributed by atoms with Gasteiger partial charge in [0.15, 0.2) is 12.5 Å². The van der Waals surface area contributed by atoms with Crippen LogP contribution in [-0.4, -0.2) is 9.67 Å². The summed E-state index contributed by atoms with van der Waals surface area (Å²) in [7, 11) is 0. The van der Waals surface area contributed by atoms with Crippen molar-refractivity contribution < 1.29 is 9.84 Å². The fourth-order valence-electron chi connectivity index (χ4n) is 2.93. The Morgan fingerprint density at radius 1 is 1.14 bits per heavy atom. The first-order valence-corrected chi connectivity index (χ1v) is 6.75. The van der Waals surface area contributed by atoms with Crippen LogP contribution >= 0.6 is 0 Å². The lowest BCUT2D eigenvalue weighted by Gasteiger charge is -2.10. The van der Waals surface area contributed by atoms with Crippen molar-refractivity contribution in [3.05, 3.63) is 58.4 Å². The second kappa shape index (κ2) is 4.12. The van der Waals surface area contributed by atoms with Gasteiger partial charge in [-0.05, 0) is 24.6 Å². The lowest BCUT2D eigenvalue weighted by atomic mass is 10.00. The van der Waals surface area contributed by atoms with Gasteiger partial charge in [-0.2, -0.15) is 0 Å². The third kappa shape index (κ3) is 1.59. The molecule has 0 fully saturated rings. The van der Waals surface area contributed by atoms with Crippen LogP contribution in [0.4, 0.5) is 0 Å². The lowest BCUT2D eigenvalue weighted by molar-refractivity contribution is 0.267. The number of phenolic OH excluding ortho intramolecular Hbond substituents is 1. The molecule has 0 radical (unpaired) electrons. The predicted octanol–water partition coefficient (Wildman–Crippen LogP) is 3.03. The summed E-state index contributed by atoms with van der Waals surface area (Å²) in [4.78, 5) is 12.1. The second-order valence-corrected chi connectivity index (χ2v) is 5.22. The number of aryl methyl sites for hydroxylation is 1. The Morgan fingerprint density at radius 3 is 2.76 bits per heavy atom. The Morgan fingerprint density at radius 2 is 1.95 bits per heavy atom. The Bertz CT molecular complexity index is 941. The van der Waals surface area contributed by atoms with Crippen LogP contribution in [0.2, 0.25) is 0 Å². The summed E-state index contributed by atoms with van der Waals surface area (Å²) in [5.41, 5.74) is 3.18. The summed E-state index contributed by atoms with van der Waals surface area (Å²) in [5, 5.41) is 11.1. The maximum atomic E-state index is 12.1. The highest BCUT2D eigenvalue weighted by atomic mass is 16.5. The maximum absolute atomic E-state index is 12.1. The Labute approximate surface area is 120 Å². The van der Waals surface area contributed by atoms with Gasteiger partial charge >= 0.3 is 0 Å². The highest BCUT2D eigenvalue weighted by molar-refractivity contribution is 5.96. The maximum Gasteiger partial charge on any atom is 0.254 e. The van der Waals surface area contributed by atoms with Crippen molar-refractivity contribution in [1.82, 2.24) is 4.57 Å². The van der Waals surface area contributed by atoms with Crippen LogP contribution in [0, 0.1) is 6.92 Å². The SMILES string of the molecule is Cc1cc(=O)n2c3c(c(-c4ccccc4O)ccc13)OC2. The number of hydrogen-bond donors (Lipinski definition) is 1. The van der Waals surface area contributed by atoms with Gasteiger partial charge in [-0.15, -0.1) is 0 Å². The van der Waals surface area contributed by atoms with E-state index >= 15 is 0 Å². The van der Waals surface area contributed by atoms with Gasteiger partial charge in [0.2, 0.25) is 0 Å². The Balaban J connectivity index is 2.13. The largest absolute Gasteiger partial charge is 0.507 e. The smallest absolute Gasteiger partial charge is 0.254 e. The van der Waals surface area contributed by atoms with Crippen molar-refractivity contribution >= 4 is 10.9 Å². The van der Waals surface area contributed by atoms with Gasteiger partial charge < -0.3 is 9.84 Å². The summed E-state index contributed by atoms with van der Waals surface area (Å²) >= 11 is 0. The number of nitrogens with zero attached hydrogens (tertiary/aromatic N) is 1. The van der Waals surface area contributed by atoms with E-state index in [0.717, 1.165) is 22.0 Å². The number of pyridine rings is 1. The number of hydrogen-bond acceptors (Lipinski definition) is 3. The number of aromatic hydroxyl groups is 1. The summed E-state index contributed by atoms with van der Waals surface area (Å²) in [6, 6.07) is 12.7. The van der Waals surface area contributed by atoms with E-state index in [1.165, 1.54) is 0 Å². The quantitative estimate of drug-likeness (QED) is 0.745. The minimum atomic E-state index is -0.0619. The van der Waals surface area contributed by atoms with Crippen molar-refractivity contribution in [3.63, 3.8) is 0 Å². The number of benzene rings is 2. The molecule has 1 N–H and O–H groups in total. The average Bonchev–Trinajstić information content (AvgIpc) is 2.91. The highest BCUT2D eigenvalue weighted by Gasteiger charge is 2.22. The molecule has 0 bridgehead atoms. The molecule has 4 nitrogen and oxygen atoms in total. The summed E-state index contributed by atoms with van der Waals surface area (Å²) in [5.74, 6) is 0.861. The first kappa shape index (κ1) is 12.0. The number of ether oxygens (including phenoxy) is 1. The molecule has 0 spiro atoms. The molecule has 2 heterocycles. The minimum absolute atomic E-state index is 0.0619. The topological polar surface area (TPSA) is 51.5 Å². The van der Waals surface area contributed by atoms with Crippen LogP contribution in [-0.2, 0) is 6.73 Å². The molecule has 2 aromatic carbocycles. The van der Waals surface area contributed by atoms with E-state index < -0.39 is 0 Å². The summed E-state index contributed by atoms with van der Waals surface area (Å²) < 4.78 is 7.37. The molecule has 1 aliphatic heterocycles. The van der Waals surface area contributed by atoms with Gasteiger partial charge in [0, 0.05) is 22.6 Å². The minimum Gasteiger partial charge on any atom is -0.507 e. The molecule has 0 amide bonds. The van der Waals surface area contributed by atoms with Gasteiger partial charge in [-0.25, -0.2) is 0 Å². The van der Waals surface area contributed by atoms with Crippen molar-refractivity contribution in [2.45, 2.75) is 13.7 Å². The lowest BCUT2D eigenvalue weighted by Crippen LogP contribution is -2.18. The van der Waals surface area contributed by atoms with Crippen molar-refractivity contribution in [2.75, 3.05) is 0 Å². The first-order valence-electron chi connectivity index (χ1n) is 6.75. The Kier molecular flexibility index (Phi) is 2.36. The zero-order valence-corrected chi connectivity index (χ0v) is 11.5. The van der Waals surface area contributed by atoms with Crippen molar-refractivity contribution in [3.8, 4) is 22.6 Å². The average molecular weight is 279 g/mol. The number of aromatic nitrogens is 1. The molecule has 104 valence electrons. The van der Waals surface area contributed by atoms with E-state index in [9.17, 15) is 9.90 Å². The molecule has 0 atom stereocenters. The molecule has 4 rings (SSSR count). The normalized spacial score (nSPS) is 12.6.